The summed E-state index contributed by atoms with van der Waals surface area (Å²) in [4.78, 5) is 11.8. The maximum Gasteiger partial charge on any atom is 0.549 e. The first kappa shape index (κ1) is 14.5. The number of ether oxygens (including phenoxy) is 1. The second-order valence-electron chi connectivity index (χ2n) is 4.51. The molecule has 2 aromatic rings. The Hall–Kier alpha value is -2.46. The van der Waals surface area contributed by atoms with Gasteiger partial charge in [-0.15, -0.1) is 0 Å². The van der Waals surface area contributed by atoms with E-state index in [-0.39, 0.29) is 13.2 Å². The topological polar surface area (TPSA) is 65.1 Å². The molecule has 0 N–H and O–H groups in total. The van der Waals surface area contributed by atoms with E-state index in [0.717, 1.165) is 4.67 Å². The third-order valence-electron chi connectivity index (χ3n) is 2.96. The van der Waals surface area contributed by atoms with Crippen LogP contribution >= 0.6 is 7.75 Å². The van der Waals surface area contributed by atoms with Crippen molar-refractivity contribution in [1.82, 2.24) is 4.67 Å². The summed E-state index contributed by atoms with van der Waals surface area (Å²) in [6.45, 7) is 0.300. The number of nitrogens with zero attached hydrogens (tertiary/aromatic N) is 1. The smallest absolute Gasteiger partial charge is 0.447 e. The summed E-state index contributed by atoms with van der Waals surface area (Å²) in [6.07, 6.45) is -0.713. The average Bonchev–Trinajstić information content (AvgIpc) is 2.96. The fourth-order valence-electron chi connectivity index (χ4n) is 1.95. The predicted molar refractivity (Wildman–Crippen MR) is 79.8 cm³/mol. The van der Waals surface area contributed by atoms with Gasteiger partial charge in [-0.25, -0.2) is 9.36 Å². The Kier molecular flexibility index (Phi) is 4.02. The standard InChI is InChI=1S/C15H14NO5P/c17-15-16(11-12-19-15)22(18,20-13-7-3-1-4-8-13)21-14-9-5-2-6-10-14/h1-10H,11-12H2. The molecular weight excluding hydrogens is 305 g/mol. The van der Waals surface area contributed by atoms with Crippen LogP contribution in [0.1, 0.15) is 0 Å². The largest absolute Gasteiger partial charge is 0.549 e. The molecule has 0 bridgehead atoms. The summed E-state index contributed by atoms with van der Waals surface area (Å²) in [5.74, 6) is 0.697. The molecule has 2 aromatic carbocycles. The Bertz CT molecular complexity index is 646. The molecule has 1 saturated heterocycles. The number of benzene rings is 2. The first-order valence-corrected chi connectivity index (χ1v) is 8.21. The zero-order valence-electron chi connectivity index (χ0n) is 11.6. The lowest BCUT2D eigenvalue weighted by Crippen LogP contribution is -2.26. The molecule has 0 aromatic heterocycles. The van der Waals surface area contributed by atoms with Crippen LogP contribution in [0, 0.1) is 0 Å². The summed E-state index contributed by atoms with van der Waals surface area (Å²) < 4.78 is 30.0. The van der Waals surface area contributed by atoms with Gasteiger partial charge < -0.3 is 13.8 Å². The van der Waals surface area contributed by atoms with Crippen LogP contribution in [0.5, 0.6) is 11.5 Å². The van der Waals surface area contributed by atoms with E-state index in [1.165, 1.54) is 0 Å². The fourth-order valence-corrected chi connectivity index (χ4v) is 3.55. The lowest BCUT2D eigenvalue weighted by molar-refractivity contribution is 0.166. The number of amides is 1. The van der Waals surface area contributed by atoms with Crippen LogP contribution in [0.2, 0.25) is 0 Å². The van der Waals surface area contributed by atoms with Crippen LogP contribution in [-0.4, -0.2) is 23.9 Å². The minimum absolute atomic E-state index is 0.149. The van der Waals surface area contributed by atoms with E-state index in [1.807, 2.05) is 0 Å². The van der Waals surface area contributed by atoms with Crippen LogP contribution in [0.15, 0.2) is 60.7 Å². The van der Waals surface area contributed by atoms with Crippen molar-refractivity contribution in [2.45, 2.75) is 0 Å². The van der Waals surface area contributed by atoms with Crippen LogP contribution in [0.4, 0.5) is 4.79 Å². The van der Waals surface area contributed by atoms with Crippen LogP contribution in [0.3, 0.4) is 0 Å². The molecule has 1 aliphatic heterocycles. The van der Waals surface area contributed by atoms with E-state index in [1.54, 1.807) is 60.7 Å². The van der Waals surface area contributed by atoms with E-state index in [2.05, 4.69) is 0 Å². The van der Waals surface area contributed by atoms with E-state index in [9.17, 15) is 9.36 Å². The molecule has 22 heavy (non-hydrogen) atoms. The first-order chi connectivity index (χ1) is 10.7. The van der Waals surface area contributed by atoms with E-state index < -0.39 is 13.8 Å². The Labute approximate surface area is 127 Å². The Morgan fingerprint density at radius 2 is 1.41 bits per heavy atom. The van der Waals surface area contributed by atoms with Gasteiger partial charge in [0.1, 0.15) is 18.1 Å². The van der Waals surface area contributed by atoms with Gasteiger partial charge in [-0.2, -0.15) is 4.67 Å². The minimum atomic E-state index is -3.91. The molecule has 0 spiro atoms. The highest BCUT2D eigenvalue weighted by molar-refractivity contribution is 7.52. The molecule has 0 radical (unpaired) electrons. The van der Waals surface area contributed by atoms with Crippen molar-refractivity contribution in [2.75, 3.05) is 13.2 Å². The first-order valence-electron chi connectivity index (χ1n) is 6.71. The third-order valence-corrected chi connectivity index (χ3v) is 4.80. The molecular formula is C15H14NO5P. The maximum absolute atomic E-state index is 13.1. The third kappa shape index (κ3) is 3.07. The lowest BCUT2D eigenvalue weighted by Gasteiger charge is -2.24. The van der Waals surface area contributed by atoms with Gasteiger partial charge in [0.05, 0.1) is 6.54 Å². The van der Waals surface area contributed by atoms with Crippen molar-refractivity contribution in [1.29, 1.82) is 0 Å². The molecule has 0 aliphatic carbocycles. The number of carbonyl (C=O) groups is 1. The summed E-state index contributed by atoms with van der Waals surface area (Å²) in [5, 5.41) is 0. The Morgan fingerprint density at radius 1 is 0.909 bits per heavy atom. The highest BCUT2D eigenvalue weighted by Gasteiger charge is 2.45. The van der Waals surface area contributed by atoms with Gasteiger partial charge in [0.25, 0.3) is 0 Å². The van der Waals surface area contributed by atoms with Crippen molar-refractivity contribution >= 4 is 13.8 Å². The van der Waals surface area contributed by atoms with Gasteiger partial charge in [0.15, 0.2) is 0 Å². The van der Waals surface area contributed by atoms with Crippen molar-refractivity contribution in [2.24, 2.45) is 0 Å². The van der Waals surface area contributed by atoms with Crippen molar-refractivity contribution in [3.05, 3.63) is 60.7 Å². The van der Waals surface area contributed by atoms with Gasteiger partial charge in [0, 0.05) is 0 Å². The molecule has 6 nitrogen and oxygen atoms in total. The zero-order chi connectivity index (χ0) is 15.4. The van der Waals surface area contributed by atoms with E-state index in [4.69, 9.17) is 13.8 Å². The normalized spacial score (nSPS) is 14.5. The molecule has 3 rings (SSSR count). The van der Waals surface area contributed by atoms with Crippen molar-refractivity contribution < 1.29 is 23.1 Å². The molecule has 0 unspecified atom stereocenters. The summed E-state index contributed by atoms with van der Waals surface area (Å²) in [6, 6.07) is 17.1. The number of carbonyl (C=O) groups excluding carboxylic acids is 1. The maximum atomic E-state index is 13.1. The number of cyclic esters (lactones) is 1. The number of hydrogen-bond acceptors (Lipinski definition) is 5. The molecule has 7 heteroatoms. The number of para-hydroxylation sites is 2. The molecule has 1 fully saturated rings. The SMILES string of the molecule is O=C1OCCN1P(=O)(Oc1ccccc1)Oc1ccccc1. The van der Waals surface area contributed by atoms with E-state index in [0.29, 0.717) is 11.5 Å². The van der Waals surface area contributed by atoms with Gasteiger partial charge >= 0.3 is 13.8 Å². The van der Waals surface area contributed by atoms with Crippen LogP contribution in [0.25, 0.3) is 0 Å². The molecule has 1 heterocycles. The second kappa shape index (κ2) is 6.12. The Morgan fingerprint density at radius 3 is 1.82 bits per heavy atom. The minimum Gasteiger partial charge on any atom is -0.447 e. The predicted octanol–water partition coefficient (Wildman–Crippen LogP) is 3.70. The zero-order valence-corrected chi connectivity index (χ0v) is 12.5. The van der Waals surface area contributed by atoms with Crippen molar-refractivity contribution in [3.63, 3.8) is 0 Å². The fraction of sp³-hybridized carbons (Fsp3) is 0.133. The number of rotatable bonds is 5. The summed E-state index contributed by atoms with van der Waals surface area (Å²) in [5.41, 5.74) is 0. The Balaban J connectivity index is 1.91. The van der Waals surface area contributed by atoms with Crippen molar-refractivity contribution in [3.8, 4) is 11.5 Å². The van der Waals surface area contributed by atoms with Gasteiger partial charge in [-0.05, 0) is 24.3 Å². The number of hydrogen-bond donors (Lipinski definition) is 0. The van der Waals surface area contributed by atoms with Crippen LogP contribution < -0.4 is 9.05 Å². The monoisotopic (exact) mass is 319 g/mol. The highest BCUT2D eigenvalue weighted by Crippen LogP contribution is 2.52. The summed E-state index contributed by atoms with van der Waals surface area (Å²) >= 11 is 0. The molecule has 1 amide bonds. The highest BCUT2D eigenvalue weighted by atomic mass is 31.2. The molecule has 0 saturated carbocycles. The average molecular weight is 319 g/mol. The summed E-state index contributed by atoms with van der Waals surface area (Å²) in [7, 11) is -3.91. The quantitative estimate of drug-likeness (QED) is 0.786. The lowest BCUT2D eigenvalue weighted by atomic mass is 10.3. The molecule has 0 atom stereocenters. The van der Waals surface area contributed by atoms with Gasteiger partial charge in [-0.1, -0.05) is 36.4 Å². The molecule has 114 valence electrons. The van der Waals surface area contributed by atoms with Crippen LogP contribution in [-0.2, 0) is 9.30 Å². The van der Waals surface area contributed by atoms with Gasteiger partial charge in [0.2, 0.25) is 0 Å². The second-order valence-corrected chi connectivity index (χ2v) is 6.30. The van der Waals surface area contributed by atoms with E-state index >= 15 is 0 Å². The molecule has 1 aliphatic rings. The van der Waals surface area contributed by atoms with Gasteiger partial charge in [-0.3, -0.25) is 0 Å².